The topological polar surface area (TPSA) is 38.3 Å². The quantitative estimate of drug-likeness (QED) is 0.904. The van der Waals surface area contributed by atoms with Crippen LogP contribution in [0.15, 0.2) is 42.5 Å². The van der Waals surface area contributed by atoms with Crippen LogP contribution in [0.25, 0.3) is 0 Å². The van der Waals surface area contributed by atoms with Crippen molar-refractivity contribution in [3.8, 4) is 5.75 Å². The first-order valence-corrected chi connectivity index (χ1v) is 6.93. The minimum Gasteiger partial charge on any atom is -0.484 e. The summed E-state index contributed by atoms with van der Waals surface area (Å²) in [6.45, 7) is 1.87. The van der Waals surface area contributed by atoms with Crippen LogP contribution in [0.1, 0.15) is 12.5 Å². The largest absolute Gasteiger partial charge is 0.484 e. The Kier molecular flexibility index (Phi) is 5.17. The van der Waals surface area contributed by atoms with Crippen molar-refractivity contribution >= 4 is 23.2 Å². The van der Waals surface area contributed by atoms with Gasteiger partial charge >= 0.3 is 0 Å². The van der Waals surface area contributed by atoms with E-state index >= 15 is 0 Å². The summed E-state index contributed by atoms with van der Waals surface area (Å²) in [7, 11) is 0. The average Bonchev–Trinajstić information content (AvgIpc) is 2.48. The highest BCUT2D eigenvalue weighted by molar-refractivity contribution is 6.30. The van der Waals surface area contributed by atoms with Gasteiger partial charge in [0.25, 0.3) is 5.91 Å². The van der Waals surface area contributed by atoms with Gasteiger partial charge in [0.15, 0.2) is 6.61 Å². The highest BCUT2D eigenvalue weighted by Crippen LogP contribution is 2.19. The minimum atomic E-state index is -0.580. The van der Waals surface area contributed by atoms with Gasteiger partial charge in [0.05, 0.1) is 5.69 Å². The van der Waals surface area contributed by atoms with Crippen molar-refractivity contribution in [3.05, 3.63) is 58.9 Å². The van der Waals surface area contributed by atoms with E-state index in [1.54, 1.807) is 12.1 Å². The smallest absolute Gasteiger partial charge is 0.262 e. The number of benzene rings is 2. The second-order valence-corrected chi connectivity index (χ2v) is 4.89. The van der Waals surface area contributed by atoms with Gasteiger partial charge in [0.2, 0.25) is 0 Å². The molecular formula is C16H15ClFNO2. The number of hydrogen-bond donors (Lipinski definition) is 1. The summed E-state index contributed by atoms with van der Waals surface area (Å²) in [6.07, 6.45) is 0.941. The molecular weight excluding hydrogens is 293 g/mol. The zero-order chi connectivity index (χ0) is 15.2. The summed E-state index contributed by atoms with van der Waals surface area (Å²) < 4.78 is 18.9. The van der Waals surface area contributed by atoms with E-state index in [1.165, 1.54) is 17.7 Å². The number of halogens is 2. The fourth-order valence-corrected chi connectivity index (χ4v) is 1.91. The summed E-state index contributed by atoms with van der Waals surface area (Å²) in [5.74, 6) is -0.419. The lowest BCUT2D eigenvalue weighted by atomic mass is 10.2. The highest BCUT2D eigenvalue weighted by Gasteiger charge is 2.08. The fraction of sp³-hybridized carbons (Fsp3) is 0.188. The number of hydrogen-bond acceptors (Lipinski definition) is 2. The van der Waals surface area contributed by atoms with E-state index in [9.17, 15) is 9.18 Å². The molecule has 1 N–H and O–H groups in total. The number of nitrogens with one attached hydrogen (secondary N) is 1. The predicted octanol–water partition coefficient (Wildman–Crippen LogP) is 4.06. The van der Waals surface area contributed by atoms with Crippen LogP contribution in [0.2, 0.25) is 5.02 Å². The highest BCUT2D eigenvalue weighted by atomic mass is 35.5. The zero-order valence-corrected chi connectivity index (χ0v) is 12.3. The molecule has 0 aliphatic heterocycles. The molecule has 0 radical (unpaired) electrons. The summed E-state index contributed by atoms with van der Waals surface area (Å²) in [6, 6.07) is 11.5. The average molecular weight is 308 g/mol. The van der Waals surface area contributed by atoms with Crippen molar-refractivity contribution in [2.75, 3.05) is 11.9 Å². The maximum atomic E-state index is 13.5. The van der Waals surface area contributed by atoms with Gasteiger partial charge < -0.3 is 10.1 Å². The molecule has 0 spiro atoms. The monoisotopic (exact) mass is 307 g/mol. The van der Waals surface area contributed by atoms with Crippen molar-refractivity contribution in [1.29, 1.82) is 0 Å². The van der Waals surface area contributed by atoms with Gasteiger partial charge in [0.1, 0.15) is 11.6 Å². The first-order valence-electron chi connectivity index (χ1n) is 6.55. The number of anilines is 1. The number of carbonyl (C=O) groups excluding carboxylic acids is 1. The van der Waals surface area contributed by atoms with Crippen LogP contribution < -0.4 is 10.1 Å². The van der Waals surface area contributed by atoms with E-state index in [-0.39, 0.29) is 17.3 Å². The predicted molar refractivity (Wildman–Crippen MR) is 81.4 cm³/mol. The van der Waals surface area contributed by atoms with Crippen LogP contribution in [-0.2, 0) is 11.2 Å². The van der Waals surface area contributed by atoms with Gasteiger partial charge in [-0.1, -0.05) is 30.7 Å². The molecule has 0 aliphatic rings. The molecule has 0 unspecified atom stereocenters. The van der Waals surface area contributed by atoms with Gasteiger partial charge in [-0.05, 0) is 42.3 Å². The van der Waals surface area contributed by atoms with E-state index in [0.29, 0.717) is 5.75 Å². The molecule has 2 rings (SSSR count). The SMILES string of the molecule is CCc1ccc(OCC(=O)Nc2ccc(Cl)cc2F)cc1. The summed E-state index contributed by atoms with van der Waals surface area (Å²) >= 11 is 5.64. The Labute approximate surface area is 127 Å². The lowest BCUT2D eigenvalue weighted by Crippen LogP contribution is -2.20. The number of amides is 1. The Balaban J connectivity index is 1.89. The van der Waals surface area contributed by atoms with Crippen LogP contribution in [-0.4, -0.2) is 12.5 Å². The Morgan fingerprint density at radius 3 is 2.57 bits per heavy atom. The third kappa shape index (κ3) is 4.46. The van der Waals surface area contributed by atoms with Gasteiger partial charge in [-0.3, -0.25) is 4.79 Å². The van der Waals surface area contributed by atoms with E-state index in [4.69, 9.17) is 16.3 Å². The Bertz CT molecular complexity index is 629. The number of carbonyl (C=O) groups is 1. The molecule has 0 heterocycles. The first-order chi connectivity index (χ1) is 10.1. The van der Waals surface area contributed by atoms with Crippen LogP contribution in [0.3, 0.4) is 0 Å². The number of aryl methyl sites for hydroxylation is 1. The van der Waals surface area contributed by atoms with Crippen LogP contribution >= 0.6 is 11.6 Å². The lowest BCUT2D eigenvalue weighted by molar-refractivity contribution is -0.118. The molecule has 0 aromatic heterocycles. The van der Waals surface area contributed by atoms with Gasteiger partial charge in [-0.2, -0.15) is 0 Å². The number of rotatable bonds is 5. The van der Waals surface area contributed by atoms with Crippen molar-refractivity contribution in [3.63, 3.8) is 0 Å². The Morgan fingerprint density at radius 1 is 1.24 bits per heavy atom. The van der Waals surface area contributed by atoms with Crippen molar-refractivity contribution in [1.82, 2.24) is 0 Å². The molecule has 110 valence electrons. The van der Waals surface area contributed by atoms with E-state index in [1.807, 2.05) is 12.1 Å². The van der Waals surface area contributed by atoms with E-state index < -0.39 is 11.7 Å². The molecule has 0 saturated carbocycles. The third-order valence-electron chi connectivity index (χ3n) is 2.91. The van der Waals surface area contributed by atoms with Crippen molar-refractivity contribution in [2.45, 2.75) is 13.3 Å². The fourth-order valence-electron chi connectivity index (χ4n) is 1.75. The molecule has 0 saturated heterocycles. The van der Waals surface area contributed by atoms with E-state index in [2.05, 4.69) is 12.2 Å². The second-order valence-electron chi connectivity index (χ2n) is 4.46. The van der Waals surface area contributed by atoms with Gasteiger partial charge in [-0.25, -0.2) is 4.39 Å². The molecule has 2 aromatic rings. The second kappa shape index (κ2) is 7.09. The Hall–Kier alpha value is -2.07. The molecule has 0 aliphatic carbocycles. The standard InChI is InChI=1S/C16H15ClFNO2/c1-2-11-3-6-13(7-4-11)21-10-16(20)19-15-8-5-12(17)9-14(15)18/h3-9H,2,10H2,1H3,(H,19,20). The van der Waals surface area contributed by atoms with Crippen LogP contribution in [0.4, 0.5) is 10.1 Å². The summed E-state index contributed by atoms with van der Waals surface area (Å²) in [4.78, 5) is 11.7. The first kappa shape index (κ1) is 15.3. The molecule has 3 nitrogen and oxygen atoms in total. The van der Waals surface area contributed by atoms with Crippen molar-refractivity contribution in [2.24, 2.45) is 0 Å². The summed E-state index contributed by atoms with van der Waals surface area (Å²) in [5, 5.41) is 2.71. The zero-order valence-electron chi connectivity index (χ0n) is 11.5. The van der Waals surface area contributed by atoms with Gasteiger partial charge in [-0.15, -0.1) is 0 Å². The van der Waals surface area contributed by atoms with Crippen molar-refractivity contribution < 1.29 is 13.9 Å². The molecule has 1 amide bonds. The normalized spacial score (nSPS) is 10.2. The maximum absolute atomic E-state index is 13.5. The molecule has 21 heavy (non-hydrogen) atoms. The number of ether oxygens (including phenoxy) is 1. The van der Waals surface area contributed by atoms with E-state index in [0.717, 1.165) is 12.5 Å². The lowest BCUT2D eigenvalue weighted by Gasteiger charge is -2.09. The van der Waals surface area contributed by atoms with Crippen LogP contribution in [0, 0.1) is 5.82 Å². The molecule has 0 atom stereocenters. The molecule has 5 heteroatoms. The molecule has 0 bridgehead atoms. The third-order valence-corrected chi connectivity index (χ3v) is 3.14. The maximum Gasteiger partial charge on any atom is 0.262 e. The molecule has 0 fully saturated rings. The Morgan fingerprint density at radius 2 is 1.95 bits per heavy atom. The minimum absolute atomic E-state index is 0.0781. The van der Waals surface area contributed by atoms with Crippen LogP contribution in [0.5, 0.6) is 5.75 Å². The summed E-state index contributed by atoms with van der Waals surface area (Å²) in [5.41, 5.74) is 1.27. The molecule has 2 aromatic carbocycles. The van der Waals surface area contributed by atoms with Gasteiger partial charge in [0, 0.05) is 5.02 Å².